The number of amides is 1. The standard InChI is InChI=1S/C19H27NO6/c1-19(2,3)26-18(23)20-14(11-17(22)24-4)12-7-8-13(15(21)10-12)16-6-5-9-25-16/h7-8,10,14,16,21H,5-6,9,11H2,1-4H3,(H,20,23)/t14-,16?/m0/s1. The smallest absolute Gasteiger partial charge is 0.408 e. The number of aromatic hydroxyl groups is 1. The molecule has 1 amide bonds. The minimum Gasteiger partial charge on any atom is -0.508 e. The molecular weight excluding hydrogens is 338 g/mol. The van der Waals surface area contributed by atoms with Crippen LogP contribution in [0, 0.1) is 0 Å². The molecule has 1 fully saturated rings. The highest BCUT2D eigenvalue weighted by atomic mass is 16.6. The zero-order chi connectivity index (χ0) is 19.3. The minimum atomic E-state index is -0.679. The predicted octanol–water partition coefficient (Wildman–Crippen LogP) is 3.37. The number of nitrogens with one attached hydrogen (secondary N) is 1. The summed E-state index contributed by atoms with van der Waals surface area (Å²) >= 11 is 0. The lowest BCUT2D eigenvalue weighted by atomic mass is 9.98. The zero-order valence-electron chi connectivity index (χ0n) is 15.7. The summed E-state index contributed by atoms with van der Waals surface area (Å²) in [5.74, 6) is -0.399. The van der Waals surface area contributed by atoms with E-state index in [1.54, 1.807) is 39.0 Å². The van der Waals surface area contributed by atoms with Crippen molar-refractivity contribution in [1.29, 1.82) is 0 Å². The van der Waals surface area contributed by atoms with Gasteiger partial charge >= 0.3 is 12.1 Å². The molecule has 2 rings (SSSR count). The van der Waals surface area contributed by atoms with E-state index in [1.807, 2.05) is 0 Å². The van der Waals surface area contributed by atoms with Gasteiger partial charge in [0.1, 0.15) is 11.4 Å². The molecule has 7 heteroatoms. The van der Waals surface area contributed by atoms with Gasteiger partial charge in [-0.2, -0.15) is 0 Å². The average molecular weight is 365 g/mol. The van der Waals surface area contributed by atoms with Crippen LogP contribution in [0.2, 0.25) is 0 Å². The third-order valence-electron chi connectivity index (χ3n) is 4.02. The molecule has 26 heavy (non-hydrogen) atoms. The van der Waals surface area contributed by atoms with E-state index in [-0.39, 0.29) is 18.3 Å². The van der Waals surface area contributed by atoms with Gasteiger partial charge in [0.15, 0.2) is 0 Å². The summed E-state index contributed by atoms with van der Waals surface area (Å²) < 4.78 is 15.6. The summed E-state index contributed by atoms with van der Waals surface area (Å²) in [5, 5.41) is 13.0. The van der Waals surface area contributed by atoms with Crippen LogP contribution >= 0.6 is 0 Å². The van der Waals surface area contributed by atoms with Crippen molar-refractivity contribution in [3.05, 3.63) is 29.3 Å². The lowest BCUT2D eigenvalue weighted by Gasteiger charge is -2.24. The molecule has 1 aliphatic heterocycles. The van der Waals surface area contributed by atoms with E-state index >= 15 is 0 Å². The van der Waals surface area contributed by atoms with E-state index < -0.39 is 23.7 Å². The molecule has 1 heterocycles. The van der Waals surface area contributed by atoms with Gasteiger partial charge in [-0.1, -0.05) is 12.1 Å². The largest absolute Gasteiger partial charge is 0.508 e. The van der Waals surface area contributed by atoms with Gasteiger partial charge in [0.05, 0.1) is 25.7 Å². The number of methoxy groups -OCH3 is 1. The Morgan fingerprint density at radius 2 is 2.12 bits per heavy atom. The van der Waals surface area contributed by atoms with E-state index in [4.69, 9.17) is 14.2 Å². The van der Waals surface area contributed by atoms with Gasteiger partial charge < -0.3 is 24.6 Å². The van der Waals surface area contributed by atoms with Gasteiger partial charge in [-0.15, -0.1) is 0 Å². The van der Waals surface area contributed by atoms with E-state index in [9.17, 15) is 14.7 Å². The predicted molar refractivity (Wildman–Crippen MR) is 94.8 cm³/mol. The third-order valence-corrected chi connectivity index (χ3v) is 4.02. The molecule has 144 valence electrons. The average Bonchev–Trinajstić information content (AvgIpc) is 3.06. The Morgan fingerprint density at radius 1 is 1.38 bits per heavy atom. The fraction of sp³-hybridized carbons (Fsp3) is 0.579. The van der Waals surface area contributed by atoms with Crippen molar-refractivity contribution in [2.24, 2.45) is 0 Å². The first kappa shape index (κ1) is 20.0. The molecule has 0 saturated carbocycles. The van der Waals surface area contributed by atoms with Crippen molar-refractivity contribution >= 4 is 12.1 Å². The lowest BCUT2D eigenvalue weighted by Crippen LogP contribution is -2.36. The van der Waals surface area contributed by atoms with Crippen molar-refractivity contribution in [2.45, 2.75) is 57.8 Å². The first-order valence-corrected chi connectivity index (χ1v) is 8.70. The first-order valence-electron chi connectivity index (χ1n) is 8.70. The fourth-order valence-corrected chi connectivity index (χ4v) is 2.82. The minimum absolute atomic E-state index is 0.0749. The number of esters is 1. The van der Waals surface area contributed by atoms with E-state index in [2.05, 4.69) is 5.32 Å². The Morgan fingerprint density at radius 3 is 2.65 bits per heavy atom. The second kappa shape index (κ2) is 8.40. The molecule has 0 spiro atoms. The highest BCUT2D eigenvalue weighted by Crippen LogP contribution is 2.36. The van der Waals surface area contributed by atoms with E-state index in [0.717, 1.165) is 12.8 Å². The Hall–Kier alpha value is -2.28. The number of benzene rings is 1. The van der Waals surface area contributed by atoms with Crippen LogP contribution in [0.4, 0.5) is 4.79 Å². The molecule has 2 atom stereocenters. The van der Waals surface area contributed by atoms with Gasteiger partial charge in [0.2, 0.25) is 0 Å². The molecular formula is C19H27NO6. The number of rotatable bonds is 5. The van der Waals surface area contributed by atoms with Crippen molar-refractivity contribution in [3.63, 3.8) is 0 Å². The fourth-order valence-electron chi connectivity index (χ4n) is 2.82. The lowest BCUT2D eigenvalue weighted by molar-refractivity contribution is -0.141. The van der Waals surface area contributed by atoms with Gasteiger partial charge in [-0.3, -0.25) is 4.79 Å². The van der Waals surface area contributed by atoms with Crippen molar-refractivity contribution < 1.29 is 28.9 Å². The molecule has 1 aromatic carbocycles. The quantitative estimate of drug-likeness (QED) is 0.777. The maximum atomic E-state index is 12.1. The second-order valence-corrected chi connectivity index (χ2v) is 7.30. The summed E-state index contributed by atoms with van der Waals surface area (Å²) in [6, 6.07) is 4.40. The molecule has 0 bridgehead atoms. The number of hydrogen-bond acceptors (Lipinski definition) is 6. The van der Waals surface area contributed by atoms with Crippen molar-refractivity contribution in [2.75, 3.05) is 13.7 Å². The molecule has 7 nitrogen and oxygen atoms in total. The number of hydrogen-bond donors (Lipinski definition) is 2. The summed E-state index contributed by atoms with van der Waals surface area (Å²) in [6.07, 6.45) is 0.969. The molecule has 1 unspecified atom stereocenters. The topological polar surface area (TPSA) is 94.1 Å². The molecule has 0 aromatic heterocycles. The molecule has 0 radical (unpaired) electrons. The summed E-state index contributed by atoms with van der Waals surface area (Å²) in [7, 11) is 1.28. The maximum absolute atomic E-state index is 12.1. The van der Waals surface area contributed by atoms with Gasteiger partial charge in [-0.05, 0) is 45.2 Å². The zero-order valence-corrected chi connectivity index (χ0v) is 15.7. The molecule has 1 aromatic rings. The summed E-state index contributed by atoms with van der Waals surface area (Å²) in [5.41, 5.74) is 0.631. The van der Waals surface area contributed by atoms with Crippen LogP contribution in [-0.2, 0) is 19.0 Å². The highest BCUT2D eigenvalue weighted by Gasteiger charge is 2.25. The van der Waals surface area contributed by atoms with Crippen LogP contribution in [0.1, 0.15) is 63.3 Å². The van der Waals surface area contributed by atoms with E-state index in [1.165, 1.54) is 7.11 Å². The second-order valence-electron chi connectivity index (χ2n) is 7.30. The van der Waals surface area contributed by atoms with Gasteiger partial charge in [0.25, 0.3) is 0 Å². The Labute approximate surface area is 153 Å². The van der Waals surface area contributed by atoms with E-state index in [0.29, 0.717) is 17.7 Å². The van der Waals surface area contributed by atoms with Crippen LogP contribution in [0.5, 0.6) is 5.75 Å². The Bertz CT molecular complexity index is 646. The number of carbonyl (C=O) groups excluding carboxylic acids is 2. The highest BCUT2D eigenvalue weighted by molar-refractivity contribution is 5.73. The third kappa shape index (κ3) is 5.62. The number of ether oxygens (including phenoxy) is 3. The van der Waals surface area contributed by atoms with Gasteiger partial charge in [0, 0.05) is 12.2 Å². The Balaban J connectivity index is 2.19. The van der Waals surface area contributed by atoms with Crippen LogP contribution in [0.3, 0.4) is 0 Å². The monoisotopic (exact) mass is 365 g/mol. The van der Waals surface area contributed by atoms with Crippen LogP contribution in [0.15, 0.2) is 18.2 Å². The number of carbonyl (C=O) groups is 2. The molecule has 0 aliphatic carbocycles. The SMILES string of the molecule is COC(=O)C[C@H](NC(=O)OC(C)(C)C)c1ccc(C2CCCO2)c(O)c1. The van der Waals surface area contributed by atoms with Crippen molar-refractivity contribution in [1.82, 2.24) is 5.32 Å². The maximum Gasteiger partial charge on any atom is 0.408 e. The number of alkyl carbamates (subject to hydrolysis) is 1. The summed E-state index contributed by atoms with van der Waals surface area (Å²) in [6.45, 7) is 5.94. The van der Waals surface area contributed by atoms with Crippen LogP contribution in [0.25, 0.3) is 0 Å². The van der Waals surface area contributed by atoms with Crippen LogP contribution < -0.4 is 5.32 Å². The molecule has 1 aliphatic rings. The normalized spacial score (nSPS) is 18.2. The number of phenols is 1. The van der Waals surface area contributed by atoms with Gasteiger partial charge in [-0.25, -0.2) is 4.79 Å². The molecule has 1 saturated heterocycles. The Kier molecular flexibility index (Phi) is 6.47. The van der Waals surface area contributed by atoms with Crippen molar-refractivity contribution in [3.8, 4) is 5.75 Å². The van der Waals surface area contributed by atoms with Crippen LogP contribution in [-0.4, -0.2) is 36.5 Å². The molecule has 2 N–H and O–H groups in total. The number of phenolic OH excluding ortho intramolecular Hbond substituents is 1. The summed E-state index contributed by atoms with van der Waals surface area (Å²) in [4.78, 5) is 23.8. The first-order chi connectivity index (χ1) is 12.2.